The van der Waals surface area contributed by atoms with Crippen LogP contribution in [0.15, 0.2) is 60.7 Å². The van der Waals surface area contributed by atoms with Crippen molar-refractivity contribution in [3.8, 4) is 22.6 Å². The average molecular weight is 521 g/mol. The summed E-state index contributed by atoms with van der Waals surface area (Å²) in [5, 5.41) is 9.40. The summed E-state index contributed by atoms with van der Waals surface area (Å²) in [6.45, 7) is 4.18. The third-order valence-corrected chi connectivity index (χ3v) is 6.00. The van der Waals surface area contributed by atoms with Crippen molar-refractivity contribution in [2.75, 3.05) is 6.61 Å². The lowest BCUT2D eigenvalue weighted by Crippen LogP contribution is -2.16. The first-order valence-electron chi connectivity index (χ1n) is 11.7. The molecule has 3 rings (SSSR count). The van der Waals surface area contributed by atoms with Crippen LogP contribution in [0.1, 0.15) is 43.4 Å². The zero-order valence-corrected chi connectivity index (χ0v) is 20.8. The molecule has 0 aliphatic carbocycles. The molecule has 0 bridgehead atoms. The first-order valence-corrected chi connectivity index (χ1v) is 12.0. The molecule has 8 heteroatoms. The van der Waals surface area contributed by atoms with Crippen LogP contribution in [0, 0.1) is 0 Å². The van der Waals surface area contributed by atoms with Crippen molar-refractivity contribution in [2.24, 2.45) is 0 Å². The molecule has 3 aromatic carbocycles. The Morgan fingerprint density at radius 2 is 1.75 bits per heavy atom. The lowest BCUT2D eigenvalue weighted by Gasteiger charge is -2.19. The van der Waals surface area contributed by atoms with E-state index in [4.69, 9.17) is 26.2 Å². The van der Waals surface area contributed by atoms with Crippen molar-refractivity contribution < 1.29 is 32.5 Å². The van der Waals surface area contributed by atoms with Gasteiger partial charge >= 0.3 is 12.1 Å². The van der Waals surface area contributed by atoms with Crippen molar-refractivity contribution >= 4 is 17.6 Å². The summed E-state index contributed by atoms with van der Waals surface area (Å²) >= 11 is 5.94. The Kier molecular flexibility index (Phi) is 9.26. The number of halogens is 4. The molecule has 4 nitrogen and oxygen atoms in total. The van der Waals surface area contributed by atoms with E-state index in [1.54, 1.807) is 24.3 Å². The molecule has 36 heavy (non-hydrogen) atoms. The second kappa shape index (κ2) is 12.2. The standard InChI is InChI=1S/C28H28ClF3O4/c1-3-19-16-24(11-6-20(19)7-13-27(33)34)35-15-14-18(2)36-26-12-8-22(28(30,31)32)17-25(26)21-4-9-23(29)10-5-21/h4-6,8-12,16-18H,3,7,13-15H2,1-2H3,(H,33,34)/t18-/m0/s1. The first kappa shape index (κ1) is 27.4. The number of carboxylic acids is 1. The second-order valence-corrected chi connectivity index (χ2v) is 8.90. The van der Waals surface area contributed by atoms with Gasteiger partial charge in [-0.25, -0.2) is 0 Å². The molecule has 1 atom stereocenters. The summed E-state index contributed by atoms with van der Waals surface area (Å²) in [6.07, 6.45) is -3.00. The van der Waals surface area contributed by atoms with Crippen LogP contribution in [-0.4, -0.2) is 23.8 Å². The molecule has 0 aromatic heterocycles. The summed E-state index contributed by atoms with van der Waals surface area (Å²) in [5.74, 6) is 0.182. The minimum absolute atomic E-state index is 0.0734. The summed E-state index contributed by atoms with van der Waals surface area (Å²) in [6, 6.07) is 15.6. The molecule has 0 saturated carbocycles. The molecular formula is C28H28ClF3O4. The molecule has 0 spiro atoms. The highest BCUT2D eigenvalue weighted by molar-refractivity contribution is 6.30. The van der Waals surface area contributed by atoms with Gasteiger partial charge in [0.25, 0.3) is 0 Å². The molecular weight excluding hydrogens is 493 g/mol. The van der Waals surface area contributed by atoms with Crippen molar-refractivity contribution in [2.45, 2.75) is 51.8 Å². The van der Waals surface area contributed by atoms with Gasteiger partial charge in [0.15, 0.2) is 0 Å². The van der Waals surface area contributed by atoms with E-state index in [1.807, 2.05) is 32.0 Å². The van der Waals surface area contributed by atoms with E-state index >= 15 is 0 Å². The molecule has 0 heterocycles. The molecule has 0 radical (unpaired) electrons. The van der Waals surface area contributed by atoms with E-state index in [0.29, 0.717) is 47.1 Å². The van der Waals surface area contributed by atoms with Gasteiger partial charge in [-0.3, -0.25) is 4.79 Å². The van der Waals surface area contributed by atoms with Gasteiger partial charge in [0, 0.05) is 23.4 Å². The Balaban J connectivity index is 1.67. The molecule has 1 N–H and O–H groups in total. The lowest BCUT2D eigenvalue weighted by atomic mass is 10.0. The maximum atomic E-state index is 13.3. The number of alkyl halides is 3. The highest BCUT2D eigenvalue weighted by atomic mass is 35.5. The van der Waals surface area contributed by atoms with E-state index in [9.17, 15) is 18.0 Å². The Hall–Kier alpha value is -3.19. The lowest BCUT2D eigenvalue weighted by molar-refractivity contribution is -0.138. The molecule has 192 valence electrons. The molecule has 0 saturated heterocycles. The largest absolute Gasteiger partial charge is 0.493 e. The van der Waals surface area contributed by atoms with Crippen LogP contribution in [-0.2, 0) is 23.8 Å². The van der Waals surface area contributed by atoms with Gasteiger partial charge in [-0.2, -0.15) is 13.2 Å². The van der Waals surface area contributed by atoms with Crippen LogP contribution in [0.2, 0.25) is 5.02 Å². The number of aliphatic carboxylic acids is 1. The van der Waals surface area contributed by atoms with Crippen molar-refractivity contribution in [3.63, 3.8) is 0 Å². The maximum absolute atomic E-state index is 13.3. The molecule has 0 amide bonds. The molecule has 3 aromatic rings. The molecule has 0 unspecified atom stereocenters. The average Bonchev–Trinajstić information content (AvgIpc) is 2.83. The van der Waals surface area contributed by atoms with Gasteiger partial charge in [-0.15, -0.1) is 0 Å². The number of aryl methyl sites for hydroxylation is 2. The van der Waals surface area contributed by atoms with Crippen LogP contribution in [0.25, 0.3) is 11.1 Å². The Labute approximate surface area is 213 Å². The maximum Gasteiger partial charge on any atom is 0.416 e. The third-order valence-electron chi connectivity index (χ3n) is 5.75. The van der Waals surface area contributed by atoms with E-state index < -0.39 is 17.7 Å². The van der Waals surface area contributed by atoms with Crippen molar-refractivity contribution in [1.82, 2.24) is 0 Å². The number of benzene rings is 3. The predicted molar refractivity (Wildman–Crippen MR) is 134 cm³/mol. The number of hydrogen-bond donors (Lipinski definition) is 1. The smallest absolute Gasteiger partial charge is 0.416 e. The summed E-state index contributed by atoms with van der Waals surface area (Å²) in [5.41, 5.74) is 2.17. The summed E-state index contributed by atoms with van der Waals surface area (Å²) in [4.78, 5) is 10.9. The van der Waals surface area contributed by atoms with E-state index in [2.05, 4.69) is 0 Å². The molecule has 0 aliphatic rings. The van der Waals surface area contributed by atoms with Crippen molar-refractivity contribution in [1.29, 1.82) is 0 Å². The number of ether oxygens (including phenoxy) is 2. The first-order chi connectivity index (χ1) is 17.1. The van der Waals surface area contributed by atoms with Crippen LogP contribution >= 0.6 is 11.6 Å². The van der Waals surface area contributed by atoms with Crippen LogP contribution < -0.4 is 9.47 Å². The monoisotopic (exact) mass is 520 g/mol. The Bertz CT molecular complexity index is 1180. The Morgan fingerprint density at radius 1 is 1.03 bits per heavy atom. The normalized spacial score (nSPS) is 12.3. The second-order valence-electron chi connectivity index (χ2n) is 8.46. The van der Waals surface area contributed by atoms with Crippen molar-refractivity contribution in [3.05, 3.63) is 82.4 Å². The van der Waals surface area contributed by atoms with Gasteiger partial charge < -0.3 is 14.6 Å². The van der Waals surface area contributed by atoms with Crippen LogP contribution in [0.3, 0.4) is 0 Å². The highest BCUT2D eigenvalue weighted by Crippen LogP contribution is 2.38. The highest BCUT2D eigenvalue weighted by Gasteiger charge is 2.31. The summed E-state index contributed by atoms with van der Waals surface area (Å²) in [7, 11) is 0. The number of hydrogen-bond acceptors (Lipinski definition) is 3. The fourth-order valence-electron chi connectivity index (χ4n) is 3.79. The fourth-order valence-corrected chi connectivity index (χ4v) is 3.92. The van der Waals surface area contributed by atoms with Gasteiger partial charge in [0.2, 0.25) is 0 Å². The molecule has 0 aliphatic heterocycles. The van der Waals surface area contributed by atoms with Gasteiger partial charge in [0.1, 0.15) is 11.5 Å². The summed E-state index contributed by atoms with van der Waals surface area (Å²) < 4.78 is 51.9. The van der Waals surface area contributed by atoms with Gasteiger partial charge in [0.05, 0.1) is 18.3 Å². The number of carbonyl (C=O) groups is 1. The van der Waals surface area contributed by atoms with E-state index in [1.165, 1.54) is 6.07 Å². The predicted octanol–water partition coefficient (Wildman–Crippen LogP) is 7.84. The van der Waals surface area contributed by atoms with Gasteiger partial charge in [-0.1, -0.05) is 36.7 Å². The SMILES string of the molecule is CCc1cc(OCC[C@H](C)Oc2ccc(C(F)(F)F)cc2-c2ccc(Cl)cc2)ccc1CCC(=O)O. The van der Waals surface area contributed by atoms with Gasteiger partial charge in [-0.05, 0) is 78.9 Å². The Morgan fingerprint density at radius 3 is 2.39 bits per heavy atom. The topological polar surface area (TPSA) is 55.8 Å². The van der Waals surface area contributed by atoms with Crippen LogP contribution in [0.5, 0.6) is 11.5 Å². The zero-order chi connectivity index (χ0) is 26.3. The number of carboxylic acid groups (broad SMARTS) is 1. The van der Waals surface area contributed by atoms with E-state index in [-0.39, 0.29) is 12.5 Å². The zero-order valence-electron chi connectivity index (χ0n) is 20.1. The third kappa shape index (κ3) is 7.65. The minimum Gasteiger partial charge on any atom is -0.493 e. The number of rotatable bonds is 11. The fraction of sp³-hybridized carbons (Fsp3) is 0.321. The minimum atomic E-state index is -4.47. The quantitative estimate of drug-likeness (QED) is 0.280. The van der Waals surface area contributed by atoms with E-state index in [0.717, 1.165) is 29.7 Å². The molecule has 0 fully saturated rings. The van der Waals surface area contributed by atoms with Crippen LogP contribution in [0.4, 0.5) is 13.2 Å².